The van der Waals surface area contributed by atoms with E-state index in [4.69, 9.17) is 9.26 Å². The van der Waals surface area contributed by atoms with Crippen LogP contribution in [0.3, 0.4) is 0 Å². The largest absolute Gasteiger partial charge is 0.497 e. The second kappa shape index (κ2) is 5.65. The third-order valence-corrected chi connectivity index (χ3v) is 2.48. The Morgan fingerprint density at radius 1 is 1.56 bits per heavy atom. The molecule has 0 aliphatic carbocycles. The summed E-state index contributed by atoms with van der Waals surface area (Å²) in [6.45, 7) is 3.53. The molecule has 1 N–H and O–H groups in total. The van der Waals surface area contributed by atoms with Gasteiger partial charge in [-0.05, 0) is 25.8 Å². The van der Waals surface area contributed by atoms with Gasteiger partial charge in [0.15, 0.2) is 5.82 Å². The lowest BCUT2D eigenvalue weighted by molar-refractivity contribution is 0.122. The van der Waals surface area contributed by atoms with Crippen LogP contribution in [0.4, 0.5) is 0 Å². The van der Waals surface area contributed by atoms with Gasteiger partial charge in [0.05, 0.1) is 6.26 Å². The third-order valence-electron chi connectivity index (χ3n) is 2.48. The molecule has 2 rings (SSSR count). The molecular formula is C11H17N3O2. The zero-order chi connectivity index (χ0) is 11.2. The zero-order valence-corrected chi connectivity index (χ0v) is 9.48. The molecule has 5 nitrogen and oxygen atoms in total. The van der Waals surface area contributed by atoms with Gasteiger partial charge < -0.3 is 14.6 Å². The molecule has 1 atom stereocenters. The molecule has 0 amide bonds. The number of aryl methyl sites for hydroxylation is 1. The number of hydrogen-bond donors (Lipinski definition) is 1. The number of ether oxygens (including phenoxy) is 1. The van der Waals surface area contributed by atoms with Gasteiger partial charge in [0.25, 0.3) is 0 Å². The Morgan fingerprint density at radius 2 is 2.50 bits per heavy atom. The maximum atomic E-state index is 5.44. The summed E-state index contributed by atoms with van der Waals surface area (Å²) >= 11 is 0. The number of aromatic nitrogens is 2. The molecule has 0 radical (unpaired) electrons. The van der Waals surface area contributed by atoms with Crippen LogP contribution in [0.2, 0.25) is 0 Å². The van der Waals surface area contributed by atoms with Crippen molar-refractivity contribution in [1.82, 2.24) is 15.5 Å². The molecule has 1 unspecified atom stereocenters. The summed E-state index contributed by atoms with van der Waals surface area (Å²) in [6.07, 6.45) is 7.10. The van der Waals surface area contributed by atoms with Crippen molar-refractivity contribution in [2.75, 3.05) is 13.1 Å². The molecule has 1 aromatic rings. The van der Waals surface area contributed by atoms with Gasteiger partial charge in [-0.3, -0.25) is 0 Å². The average Bonchev–Trinajstić information content (AvgIpc) is 2.72. The molecule has 5 heteroatoms. The van der Waals surface area contributed by atoms with E-state index in [9.17, 15) is 0 Å². The SMILES string of the molecule is Cc1noc(CCNCC2CCC=CO2)n1. The van der Waals surface area contributed by atoms with Gasteiger partial charge in [0, 0.05) is 19.5 Å². The van der Waals surface area contributed by atoms with Crippen molar-refractivity contribution in [3.63, 3.8) is 0 Å². The smallest absolute Gasteiger partial charge is 0.227 e. The Hall–Kier alpha value is -1.36. The predicted molar refractivity (Wildman–Crippen MR) is 58.9 cm³/mol. The van der Waals surface area contributed by atoms with Crippen LogP contribution in [-0.2, 0) is 11.2 Å². The van der Waals surface area contributed by atoms with Crippen LogP contribution in [0, 0.1) is 6.92 Å². The van der Waals surface area contributed by atoms with E-state index in [0.717, 1.165) is 32.4 Å². The molecule has 0 saturated carbocycles. The van der Waals surface area contributed by atoms with Crippen LogP contribution in [0.5, 0.6) is 0 Å². The molecule has 88 valence electrons. The summed E-state index contributed by atoms with van der Waals surface area (Å²) in [5.74, 6) is 1.38. The van der Waals surface area contributed by atoms with E-state index in [1.165, 1.54) is 0 Å². The maximum Gasteiger partial charge on any atom is 0.227 e. The van der Waals surface area contributed by atoms with Crippen LogP contribution in [-0.4, -0.2) is 29.3 Å². The molecule has 0 fully saturated rings. The quantitative estimate of drug-likeness (QED) is 0.760. The summed E-state index contributed by atoms with van der Waals surface area (Å²) in [6, 6.07) is 0. The molecule has 1 aromatic heterocycles. The Kier molecular flexibility index (Phi) is 3.93. The van der Waals surface area contributed by atoms with E-state index in [-0.39, 0.29) is 0 Å². The molecule has 2 heterocycles. The topological polar surface area (TPSA) is 60.2 Å². The Bertz CT molecular complexity index is 349. The fourth-order valence-electron chi connectivity index (χ4n) is 1.63. The van der Waals surface area contributed by atoms with Gasteiger partial charge in [-0.15, -0.1) is 0 Å². The van der Waals surface area contributed by atoms with Crippen LogP contribution >= 0.6 is 0 Å². The number of rotatable bonds is 5. The standard InChI is InChI=1S/C11H17N3O2/c1-9-13-11(16-14-9)5-6-12-8-10-4-2-3-7-15-10/h3,7,10,12H,2,4-6,8H2,1H3. The maximum absolute atomic E-state index is 5.44. The van der Waals surface area contributed by atoms with Gasteiger partial charge in [0.2, 0.25) is 5.89 Å². The van der Waals surface area contributed by atoms with Crippen LogP contribution in [0.25, 0.3) is 0 Å². The van der Waals surface area contributed by atoms with Gasteiger partial charge in [-0.25, -0.2) is 0 Å². The first-order valence-electron chi connectivity index (χ1n) is 5.65. The minimum Gasteiger partial charge on any atom is -0.497 e. The van der Waals surface area contributed by atoms with Crippen molar-refractivity contribution in [3.05, 3.63) is 24.1 Å². The van der Waals surface area contributed by atoms with Gasteiger partial charge in [0.1, 0.15) is 6.10 Å². The molecule has 0 bridgehead atoms. The predicted octanol–water partition coefficient (Wildman–Crippen LogP) is 1.20. The minimum atomic E-state index is 0.300. The monoisotopic (exact) mass is 223 g/mol. The highest BCUT2D eigenvalue weighted by Crippen LogP contribution is 2.08. The normalized spacial score (nSPS) is 19.7. The number of hydrogen-bond acceptors (Lipinski definition) is 5. The van der Waals surface area contributed by atoms with Gasteiger partial charge in [-0.1, -0.05) is 5.16 Å². The van der Waals surface area contributed by atoms with Crippen molar-refractivity contribution >= 4 is 0 Å². The van der Waals surface area contributed by atoms with E-state index in [2.05, 4.69) is 21.5 Å². The van der Waals surface area contributed by atoms with E-state index >= 15 is 0 Å². The Balaban J connectivity index is 1.59. The molecule has 1 aliphatic rings. The second-order valence-corrected chi connectivity index (χ2v) is 3.90. The number of nitrogens with one attached hydrogen (secondary N) is 1. The summed E-state index contributed by atoms with van der Waals surface area (Å²) in [5.41, 5.74) is 0. The first kappa shape index (κ1) is 11.1. The summed E-state index contributed by atoms with van der Waals surface area (Å²) < 4.78 is 10.5. The Morgan fingerprint density at radius 3 is 3.19 bits per heavy atom. The van der Waals surface area contributed by atoms with Crippen molar-refractivity contribution in [1.29, 1.82) is 0 Å². The van der Waals surface area contributed by atoms with E-state index < -0.39 is 0 Å². The molecular weight excluding hydrogens is 206 g/mol. The zero-order valence-electron chi connectivity index (χ0n) is 9.48. The number of allylic oxidation sites excluding steroid dienone is 1. The lowest BCUT2D eigenvalue weighted by atomic mass is 10.1. The molecule has 1 aliphatic heterocycles. The van der Waals surface area contributed by atoms with E-state index in [1.807, 2.05) is 6.92 Å². The highest BCUT2D eigenvalue weighted by molar-refractivity contribution is 4.85. The summed E-state index contributed by atoms with van der Waals surface area (Å²) in [5, 5.41) is 7.06. The lowest BCUT2D eigenvalue weighted by Crippen LogP contribution is -2.30. The highest BCUT2D eigenvalue weighted by Gasteiger charge is 2.10. The van der Waals surface area contributed by atoms with E-state index in [1.54, 1.807) is 6.26 Å². The number of nitrogens with zero attached hydrogens (tertiary/aromatic N) is 2. The first-order chi connectivity index (χ1) is 7.84. The Labute approximate surface area is 94.9 Å². The van der Waals surface area contributed by atoms with Crippen molar-refractivity contribution in [2.45, 2.75) is 32.3 Å². The minimum absolute atomic E-state index is 0.300. The van der Waals surface area contributed by atoms with E-state index in [0.29, 0.717) is 17.8 Å². The molecule has 0 saturated heterocycles. The van der Waals surface area contributed by atoms with Crippen LogP contribution in [0.15, 0.2) is 16.9 Å². The second-order valence-electron chi connectivity index (χ2n) is 3.90. The van der Waals surface area contributed by atoms with Gasteiger partial charge >= 0.3 is 0 Å². The van der Waals surface area contributed by atoms with Crippen molar-refractivity contribution in [3.8, 4) is 0 Å². The molecule has 0 spiro atoms. The van der Waals surface area contributed by atoms with Crippen LogP contribution in [0.1, 0.15) is 24.6 Å². The molecule has 16 heavy (non-hydrogen) atoms. The van der Waals surface area contributed by atoms with Crippen molar-refractivity contribution < 1.29 is 9.26 Å². The molecule has 0 aromatic carbocycles. The summed E-state index contributed by atoms with van der Waals surface area (Å²) in [7, 11) is 0. The average molecular weight is 223 g/mol. The highest BCUT2D eigenvalue weighted by atomic mass is 16.5. The lowest BCUT2D eigenvalue weighted by Gasteiger charge is -2.19. The van der Waals surface area contributed by atoms with Gasteiger partial charge in [-0.2, -0.15) is 4.98 Å². The first-order valence-corrected chi connectivity index (χ1v) is 5.65. The van der Waals surface area contributed by atoms with Crippen LogP contribution < -0.4 is 5.32 Å². The fourth-order valence-corrected chi connectivity index (χ4v) is 1.63. The van der Waals surface area contributed by atoms with Crippen molar-refractivity contribution in [2.24, 2.45) is 0 Å². The summed E-state index contributed by atoms with van der Waals surface area (Å²) in [4.78, 5) is 4.13. The fraction of sp³-hybridized carbons (Fsp3) is 0.636. The third kappa shape index (κ3) is 3.34.